The molecule has 0 heterocycles. The van der Waals surface area contributed by atoms with E-state index < -0.39 is 39.4 Å². The minimum absolute atomic E-state index is 0.249. The van der Waals surface area contributed by atoms with E-state index in [0.29, 0.717) is 18.6 Å². The number of methoxy groups -OCH3 is 1. The van der Waals surface area contributed by atoms with Crippen LogP contribution in [0.15, 0.2) is 54.6 Å². The van der Waals surface area contributed by atoms with Crippen molar-refractivity contribution in [2.75, 3.05) is 7.11 Å². The highest BCUT2D eigenvalue weighted by Crippen LogP contribution is 2.33. The second-order valence-corrected chi connectivity index (χ2v) is 8.65. The van der Waals surface area contributed by atoms with E-state index in [2.05, 4.69) is 0 Å². The first-order chi connectivity index (χ1) is 16.7. The molecular weight excluding hydrogens is 456 g/mol. The molecule has 0 radical (unpaired) electrons. The lowest BCUT2D eigenvalue weighted by Crippen LogP contribution is -2.40. The molecule has 0 N–H and O–H groups in total. The third-order valence-electron chi connectivity index (χ3n) is 6.12. The molecule has 1 aliphatic rings. The van der Waals surface area contributed by atoms with Crippen molar-refractivity contribution in [3.63, 3.8) is 0 Å². The summed E-state index contributed by atoms with van der Waals surface area (Å²) in [5, 5.41) is 24.3. The minimum Gasteiger partial charge on any atom is -0.497 e. The van der Waals surface area contributed by atoms with Crippen molar-refractivity contribution in [1.29, 1.82) is 0 Å². The van der Waals surface area contributed by atoms with Gasteiger partial charge in [-0.3, -0.25) is 20.2 Å². The van der Waals surface area contributed by atoms with Crippen molar-refractivity contribution in [2.24, 2.45) is 5.92 Å². The summed E-state index contributed by atoms with van der Waals surface area (Å²) in [6.45, 7) is 2.04. The number of carbonyl (C=O) groups is 1. The number of carbonyl (C=O) groups excluding carboxylic acids is 1. The fourth-order valence-electron chi connectivity index (χ4n) is 4.27. The van der Waals surface area contributed by atoms with Gasteiger partial charge >= 0.3 is 5.97 Å². The van der Waals surface area contributed by atoms with Gasteiger partial charge in [0, 0.05) is 12.1 Å². The van der Waals surface area contributed by atoms with Crippen molar-refractivity contribution in [3.05, 3.63) is 80.4 Å². The summed E-state index contributed by atoms with van der Waals surface area (Å²) in [4.78, 5) is 33.7. The van der Waals surface area contributed by atoms with Crippen LogP contribution in [0.25, 0.3) is 10.8 Å². The molecule has 0 saturated heterocycles. The summed E-state index contributed by atoms with van der Waals surface area (Å²) >= 11 is 0. The number of nitrogens with zero attached hydrogens (tertiary/aromatic N) is 2. The van der Waals surface area contributed by atoms with Crippen molar-refractivity contribution in [2.45, 2.75) is 38.4 Å². The van der Waals surface area contributed by atoms with E-state index in [1.807, 2.05) is 43.3 Å². The molecule has 0 aliphatic heterocycles. The predicted octanol–water partition coefficient (Wildman–Crippen LogP) is 5.46. The number of non-ortho nitro benzene ring substituents is 2. The Morgan fingerprint density at radius 1 is 0.857 bits per heavy atom. The van der Waals surface area contributed by atoms with Crippen molar-refractivity contribution in [1.82, 2.24) is 0 Å². The van der Waals surface area contributed by atoms with Crippen LogP contribution in [-0.2, 0) is 4.74 Å². The molecule has 0 unspecified atom stereocenters. The first-order valence-electron chi connectivity index (χ1n) is 11.1. The molecule has 1 aliphatic carbocycles. The van der Waals surface area contributed by atoms with Gasteiger partial charge in [0.1, 0.15) is 23.7 Å². The molecule has 3 aromatic carbocycles. The topological polar surface area (TPSA) is 131 Å². The van der Waals surface area contributed by atoms with Gasteiger partial charge in [-0.1, -0.05) is 19.1 Å². The number of rotatable bonds is 7. The van der Waals surface area contributed by atoms with Crippen molar-refractivity contribution < 1.29 is 28.9 Å². The Kier molecular flexibility index (Phi) is 6.81. The van der Waals surface area contributed by atoms with Crippen LogP contribution >= 0.6 is 0 Å². The van der Waals surface area contributed by atoms with Gasteiger partial charge in [0.25, 0.3) is 11.4 Å². The fourth-order valence-corrected chi connectivity index (χ4v) is 4.27. The molecule has 0 spiro atoms. The average molecular weight is 480 g/mol. The number of hydrogen-bond donors (Lipinski definition) is 0. The van der Waals surface area contributed by atoms with Crippen LogP contribution < -0.4 is 9.47 Å². The van der Waals surface area contributed by atoms with Gasteiger partial charge in [0.05, 0.1) is 28.6 Å². The molecule has 0 amide bonds. The first kappa shape index (κ1) is 23.9. The van der Waals surface area contributed by atoms with E-state index in [1.165, 1.54) is 0 Å². The zero-order chi connectivity index (χ0) is 25.1. The van der Waals surface area contributed by atoms with Crippen LogP contribution in [-0.4, -0.2) is 35.1 Å². The number of hydrogen-bond acceptors (Lipinski definition) is 8. The highest BCUT2D eigenvalue weighted by Gasteiger charge is 2.34. The molecule has 1 saturated carbocycles. The second-order valence-electron chi connectivity index (χ2n) is 8.65. The molecule has 0 bridgehead atoms. The highest BCUT2D eigenvalue weighted by atomic mass is 16.6. The summed E-state index contributed by atoms with van der Waals surface area (Å²) in [6.07, 6.45) is 0.999. The maximum absolute atomic E-state index is 12.9. The zero-order valence-electron chi connectivity index (χ0n) is 19.2. The maximum atomic E-state index is 12.9. The molecule has 0 aromatic heterocycles. The fraction of sp³-hybridized carbons (Fsp3) is 0.320. The van der Waals surface area contributed by atoms with Crippen LogP contribution in [0, 0.1) is 26.1 Å². The summed E-state index contributed by atoms with van der Waals surface area (Å²) in [6, 6.07) is 14.1. The molecule has 182 valence electrons. The summed E-state index contributed by atoms with van der Waals surface area (Å²) in [5.41, 5.74) is -1.36. The monoisotopic (exact) mass is 480 g/mol. The van der Waals surface area contributed by atoms with Crippen LogP contribution in [0.1, 0.15) is 36.5 Å². The number of fused-ring (bicyclic) bond motifs is 1. The average Bonchev–Trinajstić information content (AvgIpc) is 2.84. The van der Waals surface area contributed by atoms with Crippen molar-refractivity contribution >= 4 is 28.1 Å². The Hall–Kier alpha value is -4.21. The smallest absolute Gasteiger partial charge is 0.339 e. The lowest BCUT2D eigenvalue weighted by molar-refractivity contribution is -0.394. The van der Waals surface area contributed by atoms with E-state index in [9.17, 15) is 25.0 Å². The van der Waals surface area contributed by atoms with Gasteiger partial charge in [0.15, 0.2) is 0 Å². The Morgan fingerprint density at radius 3 is 2.11 bits per heavy atom. The van der Waals surface area contributed by atoms with Gasteiger partial charge in [-0.25, -0.2) is 4.79 Å². The lowest BCUT2D eigenvalue weighted by atomic mass is 9.86. The zero-order valence-corrected chi connectivity index (χ0v) is 19.2. The number of nitro groups is 2. The Bertz CT molecular complexity index is 1260. The van der Waals surface area contributed by atoms with Gasteiger partial charge < -0.3 is 14.2 Å². The normalized spacial score (nSPS) is 19.7. The van der Waals surface area contributed by atoms with Crippen LogP contribution in [0.2, 0.25) is 0 Å². The van der Waals surface area contributed by atoms with E-state index in [-0.39, 0.29) is 11.5 Å². The largest absolute Gasteiger partial charge is 0.497 e. The Labute approximate surface area is 200 Å². The SMILES string of the molecule is COc1ccc2ccc(O[C@H]3CC[C@@H](C)C[C@@H]3OC(=O)c3cc([N+](=O)[O-])cc([N+](=O)[O-])c3)cc2c1. The van der Waals surface area contributed by atoms with Crippen LogP contribution in [0.3, 0.4) is 0 Å². The summed E-state index contributed by atoms with van der Waals surface area (Å²) in [7, 11) is 1.60. The first-order valence-corrected chi connectivity index (χ1v) is 11.1. The van der Waals surface area contributed by atoms with E-state index >= 15 is 0 Å². The highest BCUT2D eigenvalue weighted by molar-refractivity contribution is 5.91. The van der Waals surface area contributed by atoms with Crippen molar-refractivity contribution in [3.8, 4) is 11.5 Å². The van der Waals surface area contributed by atoms with E-state index in [1.54, 1.807) is 7.11 Å². The maximum Gasteiger partial charge on any atom is 0.339 e. The molecule has 3 aromatic rings. The van der Waals surface area contributed by atoms with E-state index in [0.717, 1.165) is 41.1 Å². The van der Waals surface area contributed by atoms with Gasteiger partial charge in [-0.15, -0.1) is 0 Å². The number of benzene rings is 3. The third kappa shape index (κ3) is 5.48. The molecule has 10 nitrogen and oxygen atoms in total. The number of nitro benzene ring substituents is 2. The van der Waals surface area contributed by atoms with Gasteiger partial charge in [-0.2, -0.15) is 0 Å². The molecule has 10 heteroatoms. The molecular formula is C25H24N2O8. The predicted molar refractivity (Wildman–Crippen MR) is 127 cm³/mol. The molecule has 35 heavy (non-hydrogen) atoms. The lowest BCUT2D eigenvalue weighted by Gasteiger charge is -2.34. The molecule has 1 fully saturated rings. The van der Waals surface area contributed by atoms with Gasteiger partial charge in [-0.05, 0) is 60.2 Å². The third-order valence-corrected chi connectivity index (χ3v) is 6.12. The summed E-state index contributed by atoms with van der Waals surface area (Å²) in [5.74, 6) is 0.733. The quantitative estimate of drug-likeness (QED) is 0.247. The number of ether oxygens (including phenoxy) is 3. The minimum atomic E-state index is -0.868. The molecule has 3 atom stereocenters. The Morgan fingerprint density at radius 2 is 1.49 bits per heavy atom. The van der Waals surface area contributed by atoms with Crippen LogP contribution in [0.4, 0.5) is 11.4 Å². The second kappa shape index (κ2) is 9.96. The van der Waals surface area contributed by atoms with Crippen LogP contribution in [0.5, 0.6) is 11.5 Å². The Balaban J connectivity index is 1.56. The van der Waals surface area contributed by atoms with E-state index in [4.69, 9.17) is 14.2 Å². The number of esters is 1. The standard InChI is InChI=1S/C25H24N2O8/c1-15-3-8-23(34-22-7-5-16-4-6-21(33-2)12-17(16)13-22)24(9-15)35-25(28)18-10-19(26(29)30)14-20(11-18)27(31)32/h4-7,10-15,23-24H,3,8-9H2,1-2H3/t15-,23+,24+/m1/s1. The molecule has 4 rings (SSSR count). The van der Waals surface area contributed by atoms with Gasteiger partial charge in [0.2, 0.25) is 0 Å². The summed E-state index contributed by atoms with van der Waals surface area (Å²) < 4.78 is 17.2.